The summed E-state index contributed by atoms with van der Waals surface area (Å²) in [6.07, 6.45) is 1.64. The number of carbonyl (C=O) groups excluding carboxylic acids is 1. The van der Waals surface area contributed by atoms with Crippen molar-refractivity contribution in [1.82, 2.24) is 19.6 Å². The van der Waals surface area contributed by atoms with E-state index < -0.39 is 0 Å². The molecule has 0 aliphatic heterocycles. The minimum Gasteiger partial charge on any atom is -0.465 e. The third-order valence-electron chi connectivity index (χ3n) is 4.66. The number of hydrogen-bond acceptors (Lipinski definition) is 4. The molecule has 0 fully saturated rings. The maximum atomic E-state index is 14.9. The summed E-state index contributed by atoms with van der Waals surface area (Å²) < 4.78 is 23.2. The first-order chi connectivity index (χ1) is 13.0. The number of fused-ring (bicyclic) bond motifs is 2. The van der Waals surface area contributed by atoms with Crippen LogP contribution in [0, 0.1) is 12.7 Å². The zero-order valence-corrected chi connectivity index (χ0v) is 15.4. The Bertz CT molecular complexity index is 1180. The third kappa shape index (κ3) is 2.85. The van der Waals surface area contributed by atoms with Crippen LogP contribution >= 0.6 is 0 Å². The van der Waals surface area contributed by atoms with Gasteiger partial charge in [0.15, 0.2) is 0 Å². The lowest BCUT2D eigenvalue weighted by molar-refractivity contribution is -0.143. The van der Waals surface area contributed by atoms with Gasteiger partial charge in [-0.15, -0.1) is 0 Å². The summed E-state index contributed by atoms with van der Waals surface area (Å²) in [5.41, 5.74) is 3.56. The minimum atomic E-state index is -0.352. The molecule has 0 bridgehead atoms. The van der Waals surface area contributed by atoms with E-state index in [1.54, 1.807) is 28.6 Å². The number of aromatic nitrogens is 4. The number of ether oxygens (including phenoxy) is 1. The van der Waals surface area contributed by atoms with Gasteiger partial charge in [-0.05, 0) is 37.6 Å². The average molecular weight is 366 g/mol. The van der Waals surface area contributed by atoms with Crippen molar-refractivity contribution in [1.29, 1.82) is 0 Å². The number of carbonyl (C=O) groups is 1. The van der Waals surface area contributed by atoms with E-state index in [9.17, 15) is 9.18 Å². The van der Waals surface area contributed by atoms with Gasteiger partial charge in [0.2, 0.25) is 0 Å². The van der Waals surface area contributed by atoms with Crippen LogP contribution in [0.15, 0.2) is 36.5 Å². The highest BCUT2D eigenvalue weighted by Crippen LogP contribution is 2.34. The fourth-order valence-corrected chi connectivity index (χ4v) is 3.47. The number of esters is 1. The van der Waals surface area contributed by atoms with Crippen LogP contribution in [0.5, 0.6) is 0 Å². The first kappa shape index (κ1) is 17.2. The maximum Gasteiger partial charge on any atom is 0.327 e. The maximum absolute atomic E-state index is 14.9. The molecule has 0 amide bonds. The normalized spacial score (nSPS) is 11.4. The van der Waals surface area contributed by atoms with E-state index in [1.165, 1.54) is 6.07 Å². The molecular formula is C20H19FN4O2. The highest BCUT2D eigenvalue weighted by molar-refractivity contribution is 5.99. The van der Waals surface area contributed by atoms with Gasteiger partial charge < -0.3 is 4.74 Å². The third-order valence-corrected chi connectivity index (χ3v) is 4.66. The summed E-state index contributed by atoms with van der Waals surface area (Å²) in [6.45, 7) is 3.96. The molecule has 0 radical (unpaired) electrons. The molecule has 4 rings (SSSR count). The first-order valence-electron chi connectivity index (χ1n) is 8.73. The number of hydrogen-bond donors (Lipinski definition) is 0. The largest absolute Gasteiger partial charge is 0.465 e. The lowest BCUT2D eigenvalue weighted by Gasteiger charge is -2.08. The molecule has 7 heteroatoms. The molecular weight excluding hydrogens is 347 g/mol. The predicted molar refractivity (Wildman–Crippen MR) is 101 cm³/mol. The fraction of sp³-hybridized carbons (Fsp3) is 0.250. The van der Waals surface area contributed by atoms with Crippen molar-refractivity contribution in [2.75, 3.05) is 6.61 Å². The minimum absolute atomic E-state index is 0.0187. The van der Waals surface area contributed by atoms with Crippen LogP contribution in [0.25, 0.3) is 32.9 Å². The number of benzene rings is 2. The topological polar surface area (TPSA) is 61.9 Å². The zero-order valence-electron chi connectivity index (χ0n) is 15.4. The van der Waals surface area contributed by atoms with E-state index in [0.717, 1.165) is 33.1 Å². The first-order valence-corrected chi connectivity index (χ1v) is 8.73. The molecule has 27 heavy (non-hydrogen) atoms. The van der Waals surface area contributed by atoms with Crippen LogP contribution in [0.2, 0.25) is 0 Å². The van der Waals surface area contributed by atoms with Crippen molar-refractivity contribution in [2.45, 2.75) is 20.4 Å². The molecule has 2 aromatic carbocycles. The van der Waals surface area contributed by atoms with Gasteiger partial charge >= 0.3 is 5.97 Å². The number of aryl methyl sites for hydroxylation is 2. The second kappa shape index (κ2) is 6.50. The van der Waals surface area contributed by atoms with E-state index in [4.69, 9.17) is 4.74 Å². The standard InChI is InChI=1S/C20H19FN4O2/c1-4-27-19(26)11-25-17-7-5-6-14(20(17)12(2)23-25)15-9-18-13(8-16(15)21)10-22-24(18)3/h5-10H,4,11H2,1-3H3. The van der Waals surface area contributed by atoms with Crippen LogP contribution in [0.4, 0.5) is 4.39 Å². The van der Waals surface area contributed by atoms with Gasteiger partial charge in [-0.3, -0.25) is 14.2 Å². The summed E-state index contributed by atoms with van der Waals surface area (Å²) >= 11 is 0. The summed E-state index contributed by atoms with van der Waals surface area (Å²) in [7, 11) is 1.83. The Morgan fingerprint density at radius 1 is 1.22 bits per heavy atom. The van der Waals surface area contributed by atoms with Gasteiger partial charge in [0, 0.05) is 23.4 Å². The van der Waals surface area contributed by atoms with Crippen molar-refractivity contribution in [3.63, 3.8) is 0 Å². The van der Waals surface area contributed by atoms with Gasteiger partial charge in [0.1, 0.15) is 12.4 Å². The quantitative estimate of drug-likeness (QED) is 0.518. The Labute approximate surface area is 155 Å². The van der Waals surface area contributed by atoms with E-state index in [2.05, 4.69) is 10.2 Å². The molecule has 2 aromatic heterocycles. The Kier molecular flexibility index (Phi) is 4.14. The van der Waals surface area contributed by atoms with Crippen LogP contribution in [0.3, 0.4) is 0 Å². The second-order valence-corrected chi connectivity index (χ2v) is 6.41. The molecule has 0 spiro atoms. The Morgan fingerprint density at radius 3 is 2.81 bits per heavy atom. The summed E-state index contributed by atoms with van der Waals surface area (Å²) in [4.78, 5) is 11.9. The highest BCUT2D eigenvalue weighted by Gasteiger charge is 2.18. The molecule has 0 aliphatic carbocycles. The Hall–Kier alpha value is -3.22. The van der Waals surface area contributed by atoms with Crippen LogP contribution in [-0.4, -0.2) is 32.1 Å². The van der Waals surface area contributed by atoms with E-state index in [0.29, 0.717) is 12.2 Å². The predicted octanol–water partition coefficient (Wildman–Crippen LogP) is 3.60. The van der Waals surface area contributed by atoms with E-state index in [1.807, 2.05) is 32.2 Å². The zero-order chi connectivity index (χ0) is 19.1. The Morgan fingerprint density at radius 2 is 2.04 bits per heavy atom. The smallest absolute Gasteiger partial charge is 0.327 e. The van der Waals surface area contributed by atoms with Gasteiger partial charge in [0.05, 0.1) is 29.5 Å². The molecule has 0 saturated heterocycles. The van der Waals surface area contributed by atoms with Crippen molar-refractivity contribution in [3.05, 3.63) is 48.0 Å². The van der Waals surface area contributed by atoms with Gasteiger partial charge in [-0.2, -0.15) is 10.2 Å². The number of halogens is 1. The molecule has 2 heterocycles. The molecule has 138 valence electrons. The van der Waals surface area contributed by atoms with Crippen molar-refractivity contribution in [3.8, 4) is 11.1 Å². The van der Waals surface area contributed by atoms with Crippen LogP contribution in [-0.2, 0) is 23.1 Å². The van der Waals surface area contributed by atoms with Gasteiger partial charge in [-0.25, -0.2) is 4.39 Å². The summed E-state index contributed by atoms with van der Waals surface area (Å²) in [5.74, 6) is -0.671. The lowest BCUT2D eigenvalue weighted by atomic mass is 9.98. The van der Waals surface area contributed by atoms with Crippen molar-refractivity contribution < 1.29 is 13.9 Å². The highest BCUT2D eigenvalue weighted by atomic mass is 19.1. The van der Waals surface area contributed by atoms with Crippen LogP contribution < -0.4 is 0 Å². The van der Waals surface area contributed by atoms with Gasteiger partial charge in [0.25, 0.3) is 0 Å². The molecule has 0 aliphatic rings. The van der Waals surface area contributed by atoms with Crippen LogP contribution in [0.1, 0.15) is 12.6 Å². The lowest BCUT2D eigenvalue weighted by Crippen LogP contribution is -2.14. The number of rotatable bonds is 4. The summed E-state index contributed by atoms with van der Waals surface area (Å²) in [6, 6.07) is 8.88. The van der Waals surface area contributed by atoms with E-state index >= 15 is 0 Å². The SMILES string of the molecule is CCOC(=O)Cn1nc(C)c2c(-c3cc4c(cnn4C)cc3F)cccc21. The molecule has 0 unspecified atom stereocenters. The molecule has 4 aromatic rings. The molecule has 6 nitrogen and oxygen atoms in total. The van der Waals surface area contributed by atoms with Crippen molar-refractivity contribution >= 4 is 27.8 Å². The van der Waals surface area contributed by atoms with Gasteiger partial charge in [-0.1, -0.05) is 12.1 Å². The second-order valence-electron chi connectivity index (χ2n) is 6.41. The molecule has 0 saturated carbocycles. The average Bonchev–Trinajstić information content (AvgIpc) is 3.15. The molecule has 0 atom stereocenters. The summed E-state index contributed by atoms with van der Waals surface area (Å²) in [5, 5.41) is 10.2. The monoisotopic (exact) mass is 366 g/mol. The van der Waals surface area contributed by atoms with Crippen molar-refractivity contribution in [2.24, 2.45) is 7.05 Å². The number of nitrogens with zero attached hydrogens (tertiary/aromatic N) is 4. The fourth-order valence-electron chi connectivity index (χ4n) is 3.47. The Balaban J connectivity index is 1.90. The molecule has 0 N–H and O–H groups in total. The van der Waals surface area contributed by atoms with E-state index in [-0.39, 0.29) is 18.3 Å².